The fraction of sp³-hybridized carbons (Fsp3) is 0.878. The minimum atomic E-state index is -6.10. The number of rotatable bonds is 40. The van der Waals surface area contributed by atoms with Crippen LogP contribution in [0.1, 0.15) is 301 Å². The van der Waals surface area contributed by atoms with Crippen LogP contribution in [0.3, 0.4) is 0 Å². The van der Waals surface area contributed by atoms with Gasteiger partial charge in [-0.15, -0.1) is 0 Å². The molecule has 0 aromatic carbocycles. The van der Waals surface area contributed by atoms with Gasteiger partial charge in [0, 0.05) is 34.1 Å². The van der Waals surface area contributed by atoms with Crippen LogP contribution in [0.25, 0.3) is 0 Å². The smallest absolute Gasteiger partial charge is 0.428 e. The predicted octanol–water partition coefficient (Wildman–Crippen LogP) is 20.8. The maximum atomic E-state index is 13.5. The molecule has 0 aromatic heterocycles. The molecule has 0 saturated heterocycles. The van der Waals surface area contributed by atoms with E-state index in [9.17, 15) is 152 Å². The van der Waals surface area contributed by atoms with E-state index in [4.69, 9.17) is 56.8 Å². The first-order valence-corrected chi connectivity index (χ1v) is 46.6. The van der Waals surface area contributed by atoms with Gasteiger partial charge in [-0.25, -0.2) is 19.2 Å². The Balaban J connectivity index is 0.000000954. The van der Waals surface area contributed by atoms with Crippen molar-refractivity contribution >= 4 is 23.9 Å². The molecule has 24 nitrogen and oxygen atoms in total. The first-order valence-electron chi connectivity index (χ1n) is 46.6. The van der Waals surface area contributed by atoms with E-state index < -0.39 is 259 Å². The van der Waals surface area contributed by atoms with E-state index in [0.29, 0.717) is 47.5 Å². The van der Waals surface area contributed by atoms with Crippen molar-refractivity contribution in [1.29, 1.82) is 0 Å². The Kier molecular flexibility index (Phi) is 43.0. The molecule has 0 amide bonds. The zero-order valence-corrected chi connectivity index (χ0v) is 89.2. The Bertz CT molecular complexity index is 4240. The van der Waals surface area contributed by atoms with E-state index in [2.05, 4.69) is 26.3 Å². The topological polar surface area (TPSA) is 341 Å². The highest BCUT2D eigenvalue weighted by Gasteiger charge is 2.78. The van der Waals surface area contributed by atoms with Crippen LogP contribution in [0.4, 0.5) is 92.2 Å². The molecule has 45 heteroatoms. The summed E-state index contributed by atoms with van der Waals surface area (Å²) in [5, 5.41) is 80.9. The maximum absolute atomic E-state index is 13.5. The van der Waals surface area contributed by atoms with Crippen molar-refractivity contribution in [3.05, 3.63) is 48.6 Å². The molecule has 4 aliphatic carbocycles. The SMILES string of the molecule is C=C(C)C(=O)OC1CC(C(C)(C)OC(C)C(C)(C)O)C(C(C)(C)OC(C)C(C)(O)C(F)(F)F)C1.C=C(C)C(=O)OC1CC(C(C)(C)OC(C)C(C)(O)C(F)(F)F)CC1C(C)(C)OC(C)C(C)(O)C(F)(F)F.C=C(C)C(=O)OC1CC(C(C)(C)OC(C)C(O)(C(F)(F)F)C(F)(F)F)C1C(C)(C)OC(C)C(C)(C)O.C=C(C)C(=O)OC1CCC1(C(C)(C)OC(C)C(C)(C)O)C(C)(C)OC(C)C(O)(C(F)(F)F)C(F)(F)F. The van der Waals surface area contributed by atoms with Crippen LogP contribution in [0.15, 0.2) is 48.6 Å². The van der Waals surface area contributed by atoms with Crippen LogP contribution in [0.2, 0.25) is 0 Å². The second-order valence-electron chi connectivity index (χ2n) is 45.4. The lowest BCUT2D eigenvalue weighted by molar-refractivity contribution is -0.408. The summed E-state index contributed by atoms with van der Waals surface area (Å²) in [5.41, 5.74) is -35.2. The Morgan fingerprint density at radius 2 is 0.524 bits per heavy atom. The molecule has 0 spiro atoms. The van der Waals surface area contributed by atoms with Crippen molar-refractivity contribution in [3.8, 4) is 0 Å². The van der Waals surface area contributed by atoms with E-state index in [1.54, 1.807) is 62.3 Å². The van der Waals surface area contributed by atoms with Gasteiger partial charge in [0.1, 0.15) is 36.6 Å². The van der Waals surface area contributed by atoms with Crippen molar-refractivity contribution in [1.82, 2.24) is 0 Å². The molecule has 842 valence electrons. The summed E-state index contributed by atoms with van der Waals surface area (Å²) in [6.45, 7) is 64.8. The number of aliphatic hydroxyl groups is 8. The summed E-state index contributed by atoms with van der Waals surface area (Å²) in [4.78, 5) is 49.0. The first kappa shape index (κ1) is 136. The van der Waals surface area contributed by atoms with Gasteiger partial charge in [0.2, 0.25) is 0 Å². The molecule has 4 rings (SSSR count). The lowest BCUT2D eigenvalue weighted by Gasteiger charge is -2.64. The third-order valence-electron chi connectivity index (χ3n) is 29.4. The molecule has 0 heterocycles. The molecular weight excluding hydrogens is 1960 g/mol. The number of carbonyl (C=O) groups is 4. The zero-order chi connectivity index (χ0) is 114. The van der Waals surface area contributed by atoms with Crippen LogP contribution in [0.5, 0.6) is 0 Å². The van der Waals surface area contributed by atoms with Crippen molar-refractivity contribution in [2.24, 2.45) is 40.9 Å². The number of halogens is 21. The Hall–Kier alpha value is -5.27. The number of hydrogen-bond donors (Lipinski definition) is 8. The summed E-state index contributed by atoms with van der Waals surface area (Å²) < 4.78 is 350. The molecule has 22 atom stereocenters. The van der Waals surface area contributed by atoms with Gasteiger partial charge in [-0.1, -0.05) is 26.3 Å². The maximum Gasteiger partial charge on any atom is 0.428 e. The molecule has 4 fully saturated rings. The molecule has 143 heavy (non-hydrogen) atoms. The highest BCUT2D eigenvalue weighted by Crippen LogP contribution is 2.63. The lowest BCUT2D eigenvalue weighted by atomic mass is 9.50. The van der Waals surface area contributed by atoms with Crippen molar-refractivity contribution in [2.45, 2.75) is 507 Å². The van der Waals surface area contributed by atoms with E-state index in [1.807, 2.05) is 13.8 Å². The quantitative estimate of drug-likeness (QED) is 0.0122. The molecule has 0 bridgehead atoms. The summed E-state index contributed by atoms with van der Waals surface area (Å²) >= 11 is 0. The minimum Gasteiger partial charge on any atom is -0.459 e. The second-order valence-corrected chi connectivity index (χ2v) is 45.4. The molecular formula is C98H159F21O24. The van der Waals surface area contributed by atoms with Crippen molar-refractivity contribution in [2.75, 3.05) is 0 Å². The summed E-state index contributed by atoms with van der Waals surface area (Å²) in [7, 11) is 0. The number of hydrogen-bond acceptors (Lipinski definition) is 24. The largest absolute Gasteiger partial charge is 0.459 e. The molecule has 0 aromatic rings. The third-order valence-corrected chi connectivity index (χ3v) is 29.4. The number of carbonyl (C=O) groups excluding carboxylic acids is 4. The summed E-state index contributed by atoms with van der Waals surface area (Å²) in [6, 6.07) is 0. The number of esters is 4. The lowest BCUT2D eigenvalue weighted by Crippen LogP contribution is -2.73. The number of alkyl halides is 21. The van der Waals surface area contributed by atoms with Gasteiger partial charge >= 0.3 is 67.1 Å². The average Bonchev–Trinajstić information content (AvgIpc) is 0.882. The third kappa shape index (κ3) is 31.7. The Labute approximate surface area is 826 Å². The summed E-state index contributed by atoms with van der Waals surface area (Å²) in [6.07, 6.45) is -53.6. The van der Waals surface area contributed by atoms with E-state index in [0.717, 1.165) is 13.8 Å². The molecule has 0 radical (unpaired) electrons. The van der Waals surface area contributed by atoms with Crippen molar-refractivity contribution < 1.29 is 209 Å². The molecule has 8 N–H and O–H groups in total. The minimum absolute atomic E-state index is 0.0370. The van der Waals surface area contributed by atoms with Crippen LogP contribution >= 0.6 is 0 Å². The normalized spacial score (nSPS) is 25.2. The van der Waals surface area contributed by atoms with Gasteiger partial charge in [-0.05, 0) is 325 Å². The number of ether oxygens (including phenoxy) is 12. The standard InChI is InChI=1S/C25H40F6O6.C25H43F3O6.2C24H38F6O6/c1-13(2)19(32)35-18-12-16(20(5,6)36-14(3)22(9,33)24(26,27)28)11-17(18)21(7,8)37-15(4)23(10,34)25(29,30)31;1-14(2)20(29)32-17-12-18(22(7,8)33-15(3)21(5,6)30)19(13-17)23(9,10)34-16(4)24(11,31)25(26,27)28;1-13(2)17(31)34-16-11-12-21(16,19(7,8)35-14(3)18(5,6)32)20(9,10)36-15(4)22(33,23(25,26)27)24(28,29)30;1-12(2)18(31)34-16-11-15(17(16)21(9,10)35-13(3)19(5,6)32)20(7,8)36-14(4)22(33,23(25,26)27)24(28,29)30/h14-18,33-34H,1,11-12H2,2-10H3;15-19,30-31H,1,12-13H2,2-11H3;14-16,32-33H,1,11-12H2,2-10H3;13-17,32-33H,1,11H2,2-10H3. The fourth-order valence-electron chi connectivity index (χ4n) is 18.4. The molecule has 22 unspecified atom stereocenters. The zero-order valence-electron chi connectivity index (χ0n) is 89.2. The van der Waals surface area contributed by atoms with Crippen LogP contribution in [-0.4, -0.2) is 271 Å². The monoisotopic (exact) mass is 2120 g/mol. The molecule has 4 aliphatic rings. The first-order chi connectivity index (χ1) is 62.5. The van der Waals surface area contributed by atoms with Gasteiger partial charge < -0.3 is 97.7 Å². The van der Waals surface area contributed by atoms with Crippen LogP contribution in [-0.2, 0) is 76.0 Å². The van der Waals surface area contributed by atoms with Gasteiger partial charge in [-0.2, -0.15) is 92.2 Å². The van der Waals surface area contributed by atoms with E-state index in [-0.39, 0.29) is 66.2 Å². The molecule has 4 saturated carbocycles. The summed E-state index contributed by atoms with van der Waals surface area (Å²) in [5.74, 6) is -6.23. The van der Waals surface area contributed by atoms with Crippen LogP contribution < -0.4 is 0 Å². The second kappa shape index (κ2) is 45.3. The van der Waals surface area contributed by atoms with Crippen LogP contribution in [0, 0.1) is 40.9 Å². The van der Waals surface area contributed by atoms with E-state index >= 15 is 0 Å². The Morgan fingerprint density at radius 1 is 0.280 bits per heavy atom. The fourth-order valence-corrected chi connectivity index (χ4v) is 18.4. The predicted molar refractivity (Wildman–Crippen MR) is 485 cm³/mol. The van der Waals surface area contributed by atoms with Crippen molar-refractivity contribution in [3.63, 3.8) is 0 Å². The highest BCUT2D eigenvalue weighted by atomic mass is 19.4. The van der Waals surface area contributed by atoms with Gasteiger partial charge in [0.15, 0.2) is 16.8 Å². The highest BCUT2D eigenvalue weighted by molar-refractivity contribution is 5.88. The Morgan fingerprint density at radius 3 is 0.811 bits per heavy atom. The molecule has 0 aliphatic heterocycles. The van der Waals surface area contributed by atoms with Gasteiger partial charge in [0.05, 0.1) is 104 Å². The van der Waals surface area contributed by atoms with Gasteiger partial charge in [0.25, 0.3) is 11.2 Å². The van der Waals surface area contributed by atoms with Gasteiger partial charge in [-0.3, -0.25) is 0 Å². The van der Waals surface area contributed by atoms with E-state index in [1.165, 1.54) is 132 Å². The average molecular weight is 2120 g/mol.